The number of nitro groups is 1. The molecule has 0 spiro atoms. The third-order valence-corrected chi connectivity index (χ3v) is 2.52. The van der Waals surface area contributed by atoms with E-state index in [1.807, 2.05) is 0 Å². The Morgan fingerprint density at radius 3 is 2.68 bits per heavy atom. The van der Waals surface area contributed by atoms with Gasteiger partial charge in [-0.1, -0.05) is 0 Å². The van der Waals surface area contributed by atoms with Gasteiger partial charge in [0.25, 0.3) is 5.69 Å². The molecule has 2 rings (SSSR count). The van der Waals surface area contributed by atoms with Crippen LogP contribution in [0.1, 0.15) is 10.4 Å². The molecule has 2 aromatic rings. The number of carbonyl (C=O) groups is 2. The summed E-state index contributed by atoms with van der Waals surface area (Å²) >= 11 is 0. The average Bonchev–Trinajstić information content (AvgIpc) is 2.78. The second kappa shape index (κ2) is 4.73. The van der Waals surface area contributed by atoms with Crippen LogP contribution in [0.15, 0.2) is 36.5 Å². The van der Waals surface area contributed by atoms with E-state index in [1.54, 1.807) is 0 Å². The highest BCUT2D eigenvalue weighted by molar-refractivity contribution is 6.14. The van der Waals surface area contributed by atoms with E-state index in [2.05, 4.69) is 4.98 Å². The summed E-state index contributed by atoms with van der Waals surface area (Å²) in [6.07, 6.45) is 3.02. The van der Waals surface area contributed by atoms with Crippen molar-refractivity contribution in [2.75, 3.05) is 0 Å². The molecule has 0 atom stereocenters. The van der Waals surface area contributed by atoms with E-state index in [1.165, 1.54) is 24.4 Å². The molecule has 0 bridgehead atoms. The van der Waals surface area contributed by atoms with Crippen molar-refractivity contribution in [2.45, 2.75) is 0 Å². The largest absolute Gasteiger partial charge is 0.478 e. The molecule has 0 aliphatic carbocycles. The number of nitro benzene ring substituents is 1. The van der Waals surface area contributed by atoms with E-state index in [9.17, 15) is 19.7 Å². The van der Waals surface area contributed by atoms with Gasteiger partial charge in [0, 0.05) is 40.9 Å². The number of fused-ring (bicyclic) bond motifs is 1. The second-order valence-electron chi connectivity index (χ2n) is 3.73. The fraction of sp³-hybridized carbons (Fsp3) is 0. The van der Waals surface area contributed by atoms with Gasteiger partial charge in [0.05, 0.1) is 4.92 Å². The molecular formula is C12H8N2O5. The van der Waals surface area contributed by atoms with Crippen molar-refractivity contribution in [3.05, 3.63) is 52.2 Å². The molecule has 0 aliphatic rings. The number of aromatic nitrogens is 1. The van der Waals surface area contributed by atoms with E-state index in [-0.39, 0.29) is 11.3 Å². The molecule has 96 valence electrons. The molecule has 19 heavy (non-hydrogen) atoms. The van der Waals surface area contributed by atoms with Crippen LogP contribution < -0.4 is 0 Å². The van der Waals surface area contributed by atoms with Gasteiger partial charge in [0.2, 0.25) is 0 Å². The normalized spacial score (nSPS) is 10.9. The highest BCUT2D eigenvalue weighted by Crippen LogP contribution is 2.24. The van der Waals surface area contributed by atoms with Gasteiger partial charge in [-0.2, -0.15) is 0 Å². The number of carboxylic acid groups (broad SMARTS) is 1. The van der Waals surface area contributed by atoms with Crippen LogP contribution in [0.5, 0.6) is 0 Å². The molecule has 1 aromatic carbocycles. The molecule has 0 fully saturated rings. The van der Waals surface area contributed by atoms with Crippen molar-refractivity contribution in [3.8, 4) is 0 Å². The van der Waals surface area contributed by atoms with Crippen LogP contribution in [0.3, 0.4) is 0 Å². The quantitative estimate of drug-likeness (QED) is 0.377. The zero-order valence-corrected chi connectivity index (χ0v) is 9.49. The van der Waals surface area contributed by atoms with Gasteiger partial charge in [-0.3, -0.25) is 14.9 Å². The zero-order chi connectivity index (χ0) is 14.0. The maximum absolute atomic E-state index is 11.8. The zero-order valence-electron chi connectivity index (χ0n) is 9.49. The number of hydrogen-bond donors (Lipinski definition) is 2. The number of rotatable bonds is 4. The van der Waals surface area contributed by atoms with Crippen LogP contribution in [0.25, 0.3) is 10.9 Å². The van der Waals surface area contributed by atoms with Gasteiger partial charge in [-0.25, -0.2) is 4.79 Å². The number of H-pyrrole nitrogens is 1. The number of aliphatic carboxylic acids is 1. The number of carboxylic acids is 1. The van der Waals surface area contributed by atoms with Crippen molar-refractivity contribution in [1.82, 2.24) is 4.98 Å². The van der Waals surface area contributed by atoms with Gasteiger partial charge in [-0.15, -0.1) is 0 Å². The van der Waals surface area contributed by atoms with Crippen molar-refractivity contribution in [2.24, 2.45) is 0 Å². The first kappa shape index (κ1) is 12.5. The molecule has 1 heterocycles. The van der Waals surface area contributed by atoms with Crippen LogP contribution >= 0.6 is 0 Å². The molecule has 2 N–H and O–H groups in total. The first-order valence-corrected chi connectivity index (χ1v) is 5.20. The summed E-state index contributed by atoms with van der Waals surface area (Å²) in [6.45, 7) is 0. The lowest BCUT2D eigenvalue weighted by Crippen LogP contribution is -1.96. The minimum Gasteiger partial charge on any atom is -0.478 e. The minimum atomic E-state index is -1.24. The number of ketones is 1. The van der Waals surface area contributed by atoms with Crippen molar-refractivity contribution in [3.63, 3.8) is 0 Å². The van der Waals surface area contributed by atoms with Gasteiger partial charge >= 0.3 is 5.97 Å². The summed E-state index contributed by atoms with van der Waals surface area (Å²) in [5.41, 5.74) is 0.622. The van der Waals surface area contributed by atoms with E-state index in [4.69, 9.17) is 5.11 Å². The number of non-ortho nitro benzene ring substituents is 1. The topological polar surface area (TPSA) is 113 Å². The van der Waals surface area contributed by atoms with E-state index >= 15 is 0 Å². The molecular weight excluding hydrogens is 252 g/mol. The molecule has 0 unspecified atom stereocenters. The van der Waals surface area contributed by atoms with E-state index in [0.717, 1.165) is 12.2 Å². The third-order valence-electron chi connectivity index (χ3n) is 2.52. The van der Waals surface area contributed by atoms with Crippen LogP contribution in [0, 0.1) is 10.1 Å². The summed E-state index contributed by atoms with van der Waals surface area (Å²) in [5.74, 6) is -1.77. The summed E-state index contributed by atoms with van der Waals surface area (Å²) in [4.78, 5) is 35.0. The Morgan fingerprint density at radius 1 is 1.32 bits per heavy atom. The Kier molecular flexibility index (Phi) is 3.11. The molecule has 0 amide bonds. The molecule has 0 saturated heterocycles. The van der Waals surface area contributed by atoms with Gasteiger partial charge in [0.1, 0.15) is 0 Å². The number of aromatic amines is 1. The van der Waals surface area contributed by atoms with Crippen LogP contribution in [-0.4, -0.2) is 26.8 Å². The van der Waals surface area contributed by atoms with Crippen molar-refractivity contribution < 1.29 is 19.6 Å². The minimum absolute atomic E-state index is 0.136. The summed E-state index contributed by atoms with van der Waals surface area (Å²) in [6, 6.07) is 4.08. The van der Waals surface area contributed by atoms with Crippen molar-refractivity contribution >= 4 is 28.3 Å². The Hall–Kier alpha value is -2.96. The van der Waals surface area contributed by atoms with Crippen LogP contribution in [0.2, 0.25) is 0 Å². The standard InChI is InChI=1S/C12H8N2O5/c15-11(3-4-12(16)17)9-6-13-10-2-1-7(14(18)19)5-8(9)10/h1-6,13H,(H,16,17). The Labute approximate surface area is 106 Å². The molecule has 0 radical (unpaired) electrons. The highest BCUT2D eigenvalue weighted by Gasteiger charge is 2.13. The number of benzene rings is 1. The Bertz CT molecular complexity index is 714. The van der Waals surface area contributed by atoms with Crippen LogP contribution in [0.4, 0.5) is 5.69 Å². The van der Waals surface area contributed by atoms with Gasteiger partial charge in [0.15, 0.2) is 5.78 Å². The maximum atomic E-state index is 11.8. The number of hydrogen-bond acceptors (Lipinski definition) is 4. The number of nitrogens with zero attached hydrogens (tertiary/aromatic N) is 1. The Balaban J connectivity index is 2.49. The fourth-order valence-electron chi connectivity index (χ4n) is 1.66. The summed E-state index contributed by atoms with van der Waals surface area (Å²) < 4.78 is 0. The smallest absolute Gasteiger partial charge is 0.328 e. The van der Waals surface area contributed by atoms with Crippen LogP contribution in [-0.2, 0) is 4.79 Å². The number of nitrogens with one attached hydrogen (secondary N) is 1. The predicted molar refractivity (Wildman–Crippen MR) is 66.1 cm³/mol. The molecule has 7 nitrogen and oxygen atoms in total. The van der Waals surface area contributed by atoms with Gasteiger partial charge < -0.3 is 10.1 Å². The first-order valence-electron chi connectivity index (χ1n) is 5.20. The molecule has 0 aliphatic heterocycles. The van der Waals surface area contributed by atoms with E-state index in [0.29, 0.717) is 10.9 Å². The molecule has 7 heteroatoms. The average molecular weight is 260 g/mol. The van der Waals surface area contributed by atoms with E-state index < -0.39 is 16.7 Å². The maximum Gasteiger partial charge on any atom is 0.328 e. The van der Waals surface area contributed by atoms with Gasteiger partial charge in [-0.05, 0) is 12.1 Å². The first-order chi connectivity index (χ1) is 8.99. The summed E-state index contributed by atoms with van der Waals surface area (Å²) in [5, 5.41) is 19.5. The predicted octanol–water partition coefficient (Wildman–Crippen LogP) is 1.90. The lowest BCUT2D eigenvalue weighted by Gasteiger charge is -1.94. The lowest BCUT2D eigenvalue weighted by atomic mass is 10.1. The fourth-order valence-corrected chi connectivity index (χ4v) is 1.66. The second-order valence-corrected chi connectivity index (χ2v) is 3.73. The molecule has 1 aromatic heterocycles. The highest BCUT2D eigenvalue weighted by atomic mass is 16.6. The molecule has 0 saturated carbocycles. The van der Waals surface area contributed by atoms with Crippen molar-refractivity contribution in [1.29, 1.82) is 0 Å². The number of carbonyl (C=O) groups excluding carboxylic acids is 1. The number of allylic oxidation sites excluding steroid dienone is 1. The third kappa shape index (κ3) is 2.49. The summed E-state index contributed by atoms with van der Waals surface area (Å²) in [7, 11) is 0. The Morgan fingerprint density at radius 2 is 2.05 bits per heavy atom. The monoisotopic (exact) mass is 260 g/mol. The lowest BCUT2D eigenvalue weighted by molar-refractivity contribution is -0.384. The SMILES string of the molecule is O=C(O)C=CC(=O)c1c[nH]c2ccc([N+](=O)[O-])cc12.